The Labute approximate surface area is 126 Å². The van der Waals surface area contributed by atoms with Crippen molar-refractivity contribution in [2.45, 2.75) is 6.92 Å². The summed E-state index contributed by atoms with van der Waals surface area (Å²) in [6.45, 7) is 1.81. The largest absolute Gasteiger partial charge is 0.508 e. The number of para-hydroxylation sites is 1. The number of carbonyl (C=O) groups excluding carboxylic acids is 1. The van der Waals surface area contributed by atoms with Gasteiger partial charge in [0.1, 0.15) is 11.3 Å². The van der Waals surface area contributed by atoms with Crippen LogP contribution in [-0.2, 0) is 0 Å². The minimum absolute atomic E-state index is 0.0291. The first-order valence-electron chi connectivity index (χ1n) is 6.77. The van der Waals surface area contributed by atoms with E-state index in [2.05, 4.69) is 10.3 Å². The number of aromatic hydroxyl groups is 1. The number of H-pyrrole nitrogens is 1. The van der Waals surface area contributed by atoms with Gasteiger partial charge in [0, 0.05) is 28.9 Å². The smallest absolute Gasteiger partial charge is 0.261 e. The first-order valence-corrected chi connectivity index (χ1v) is 6.77. The van der Waals surface area contributed by atoms with E-state index in [0.717, 1.165) is 5.56 Å². The number of phenols is 1. The molecule has 5 heteroatoms. The lowest BCUT2D eigenvalue weighted by Gasteiger charge is -2.09. The molecule has 5 nitrogen and oxygen atoms in total. The summed E-state index contributed by atoms with van der Waals surface area (Å²) < 4.78 is 0. The van der Waals surface area contributed by atoms with Gasteiger partial charge in [-0.1, -0.05) is 18.2 Å². The van der Waals surface area contributed by atoms with Gasteiger partial charge in [-0.15, -0.1) is 0 Å². The van der Waals surface area contributed by atoms with E-state index in [9.17, 15) is 14.7 Å². The maximum atomic E-state index is 12.4. The molecule has 0 spiro atoms. The Morgan fingerprint density at radius 1 is 1.18 bits per heavy atom. The molecule has 0 saturated carbocycles. The van der Waals surface area contributed by atoms with Crippen LogP contribution in [0, 0.1) is 6.92 Å². The predicted molar refractivity (Wildman–Crippen MR) is 85.4 cm³/mol. The summed E-state index contributed by atoms with van der Waals surface area (Å²) in [5.74, 6) is -0.464. The molecule has 0 aliphatic heterocycles. The summed E-state index contributed by atoms with van der Waals surface area (Å²) in [5.41, 5.74) is 1.64. The van der Waals surface area contributed by atoms with Gasteiger partial charge in [0.25, 0.3) is 5.91 Å². The monoisotopic (exact) mass is 294 g/mol. The second-order valence-electron chi connectivity index (χ2n) is 5.03. The number of amides is 1. The number of nitrogens with one attached hydrogen (secondary N) is 2. The lowest BCUT2D eigenvalue weighted by molar-refractivity contribution is 0.102. The van der Waals surface area contributed by atoms with E-state index in [4.69, 9.17) is 0 Å². The number of fused-ring (bicyclic) bond motifs is 1. The van der Waals surface area contributed by atoms with Gasteiger partial charge in [-0.3, -0.25) is 9.59 Å². The molecule has 0 unspecified atom stereocenters. The van der Waals surface area contributed by atoms with Crippen LogP contribution in [-0.4, -0.2) is 16.0 Å². The Bertz CT molecular complexity index is 929. The van der Waals surface area contributed by atoms with Crippen LogP contribution in [0.3, 0.4) is 0 Å². The number of aryl methyl sites for hydroxylation is 1. The Balaban J connectivity index is 2.01. The van der Waals surface area contributed by atoms with Crippen LogP contribution >= 0.6 is 0 Å². The Kier molecular flexibility index (Phi) is 3.39. The molecular weight excluding hydrogens is 280 g/mol. The Hall–Kier alpha value is -3.08. The summed E-state index contributed by atoms with van der Waals surface area (Å²) in [7, 11) is 0. The fraction of sp³-hybridized carbons (Fsp3) is 0.0588. The van der Waals surface area contributed by atoms with Crippen molar-refractivity contribution in [3.8, 4) is 5.75 Å². The van der Waals surface area contributed by atoms with E-state index < -0.39 is 5.91 Å². The van der Waals surface area contributed by atoms with Gasteiger partial charge in [-0.2, -0.15) is 0 Å². The molecule has 0 radical (unpaired) electrons. The number of rotatable bonds is 2. The van der Waals surface area contributed by atoms with Crippen LogP contribution in [0.4, 0.5) is 5.69 Å². The molecule has 1 aromatic heterocycles. The fourth-order valence-corrected chi connectivity index (χ4v) is 2.27. The highest BCUT2D eigenvalue weighted by molar-refractivity contribution is 6.06. The normalized spacial score (nSPS) is 10.6. The van der Waals surface area contributed by atoms with Crippen LogP contribution in [0.2, 0.25) is 0 Å². The summed E-state index contributed by atoms with van der Waals surface area (Å²) in [6.07, 6.45) is 1.40. The minimum Gasteiger partial charge on any atom is -0.508 e. The molecule has 3 N–H and O–H groups in total. The number of aromatic amines is 1. The van der Waals surface area contributed by atoms with Gasteiger partial charge in [0.15, 0.2) is 0 Å². The molecule has 3 rings (SSSR count). The molecule has 0 bridgehead atoms. The van der Waals surface area contributed by atoms with Gasteiger partial charge >= 0.3 is 0 Å². The van der Waals surface area contributed by atoms with E-state index in [1.165, 1.54) is 18.3 Å². The first-order chi connectivity index (χ1) is 10.6. The summed E-state index contributed by atoms with van der Waals surface area (Å²) in [6, 6.07) is 11.7. The summed E-state index contributed by atoms with van der Waals surface area (Å²) in [4.78, 5) is 27.7. The van der Waals surface area contributed by atoms with Crippen molar-refractivity contribution in [3.05, 3.63) is 70.0 Å². The minimum atomic E-state index is -0.513. The standard InChI is InChI=1S/C17H14N2O3/c1-10-6-7-11(20)8-15(10)19-17(22)13-9-18-14-5-3-2-4-12(14)16(13)21/h2-9,20H,1H3,(H,18,21)(H,19,22). The number of phenolic OH excluding ortho intramolecular Hbond substituents is 1. The van der Waals surface area contributed by atoms with E-state index in [0.29, 0.717) is 16.6 Å². The zero-order chi connectivity index (χ0) is 15.7. The Morgan fingerprint density at radius 3 is 2.77 bits per heavy atom. The van der Waals surface area contributed by atoms with Crippen molar-refractivity contribution in [2.75, 3.05) is 5.32 Å². The second kappa shape index (κ2) is 5.37. The molecule has 1 amide bonds. The van der Waals surface area contributed by atoms with Crippen molar-refractivity contribution in [1.29, 1.82) is 0 Å². The number of aromatic nitrogens is 1. The summed E-state index contributed by atoms with van der Waals surface area (Å²) >= 11 is 0. The zero-order valence-electron chi connectivity index (χ0n) is 11.9. The van der Waals surface area contributed by atoms with Crippen molar-refractivity contribution in [3.63, 3.8) is 0 Å². The maximum absolute atomic E-state index is 12.4. The molecule has 1 heterocycles. The van der Waals surface area contributed by atoms with Gasteiger partial charge in [-0.25, -0.2) is 0 Å². The molecule has 22 heavy (non-hydrogen) atoms. The number of benzene rings is 2. The van der Waals surface area contributed by atoms with E-state index in [1.54, 1.807) is 31.2 Å². The molecule has 0 aliphatic rings. The third-order valence-electron chi connectivity index (χ3n) is 3.50. The quantitative estimate of drug-likeness (QED) is 0.679. The zero-order valence-corrected chi connectivity index (χ0v) is 11.9. The van der Waals surface area contributed by atoms with Gasteiger partial charge in [-0.05, 0) is 30.7 Å². The highest BCUT2D eigenvalue weighted by atomic mass is 16.3. The highest BCUT2D eigenvalue weighted by Crippen LogP contribution is 2.21. The predicted octanol–water partition coefficient (Wildman–Crippen LogP) is 2.79. The van der Waals surface area contributed by atoms with Crippen LogP contribution in [0.15, 0.2) is 53.5 Å². The van der Waals surface area contributed by atoms with Gasteiger partial charge < -0.3 is 15.4 Å². The molecular formula is C17H14N2O3. The number of hydrogen-bond acceptors (Lipinski definition) is 3. The molecule has 0 saturated heterocycles. The van der Waals surface area contributed by atoms with E-state index in [1.807, 2.05) is 6.07 Å². The second-order valence-corrected chi connectivity index (χ2v) is 5.03. The van der Waals surface area contributed by atoms with E-state index >= 15 is 0 Å². The van der Waals surface area contributed by atoms with E-state index in [-0.39, 0.29) is 16.7 Å². The third-order valence-corrected chi connectivity index (χ3v) is 3.50. The van der Waals surface area contributed by atoms with Gasteiger partial charge in [0.05, 0.1) is 0 Å². The fourth-order valence-electron chi connectivity index (χ4n) is 2.27. The van der Waals surface area contributed by atoms with Crippen LogP contribution in [0.25, 0.3) is 10.9 Å². The molecule has 0 atom stereocenters. The number of carbonyl (C=O) groups is 1. The lowest BCUT2D eigenvalue weighted by atomic mass is 10.1. The van der Waals surface area contributed by atoms with Crippen LogP contribution in [0.1, 0.15) is 15.9 Å². The average Bonchev–Trinajstić information content (AvgIpc) is 2.51. The molecule has 0 fully saturated rings. The average molecular weight is 294 g/mol. The lowest BCUT2D eigenvalue weighted by Crippen LogP contribution is -2.22. The van der Waals surface area contributed by atoms with Gasteiger partial charge in [0.2, 0.25) is 5.43 Å². The highest BCUT2D eigenvalue weighted by Gasteiger charge is 2.14. The summed E-state index contributed by atoms with van der Waals surface area (Å²) in [5, 5.41) is 12.6. The topological polar surface area (TPSA) is 82.2 Å². The molecule has 3 aromatic rings. The maximum Gasteiger partial charge on any atom is 0.261 e. The molecule has 0 aliphatic carbocycles. The number of anilines is 1. The van der Waals surface area contributed by atoms with Crippen molar-refractivity contribution < 1.29 is 9.90 Å². The SMILES string of the molecule is Cc1ccc(O)cc1NC(=O)c1c[nH]c2ccccc2c1=O. The van der Waals surface area contributed by atoms with Crippen molar-refractivity contribution in [2.24, 2.45) is 0 Å². The van der Waals surface area contributed by atoms with Crippen LogP contribution in [0.5, 0.6) is 5.75 Å². The van der Waals surface area contributed by atoms with Crippen LogP contribution < -0.4 is 10.7 Å². The number of pyridine rings is 1. The Morgan fingerprint density at radius 2 is 1.95 bits per heavy atom. The first kappa shape index (κ1) is 13.9. The van der Waals surface area contributed by atoms with Crippen molar-refractivity contribution in [1.82, 2.24) is 4.98 Å². The number of hydrogen-bond donors (Lipinski definition) is 3. The van der Waals surface area contributed by atoms with Crippen molar-refractivity contribution >= 4 is 22.5 Å². The third kappa shape index (κ3) is 2.44. The molecule has 110 valence electrons. The molecule has 2 aromatic carbocycles.